The van der Waals surface area contributed by atoms with Crippen molar-refractivity contribution in [2.24, 2.45) is 16.7 Å². The van der Waals surface area contributed by atoms with Crippen LogP contribution in [0.5, 0.6) is 0 Å². The zero-order chi connectivity index (χ0) is 10.8. The SMILES string of the molecule is CC[C@@H]1O[C@@H]2[C@H]3CC[C@@](C)([C@@H]2O1)C3(C)C. The van der Waals surface area contributed by atoms with Crippen LogP contribution in [0.15, 0.2) is 0 Å². The normalized spacial score (nSPS) is 56.0. The van der Waals surface area contributed by atoms with Crippen LogP contribution in [0.25, 0.3) is 0 Å². The molecule has 15 heavy (non-hydrogen) atoms. The Morgan fingerprint density at radius 1 is 1.20 bits per heavy atom. The molecule has 0 amide bonds. The Balaban J connectivity index is 1.94. The van der Waals surface area contributed by atoms with Crippen LogP contribution in [0.2, 0.25) is 0 Å². The zero-order valence-corrected chi connectivity index (χ0v) is 10.2. The van der Waals surface area contributed by atoms with E-state index in [4.69, 9.17) is 9.47 Å². The van der Waals surface area contributed by atoms with Gasteiger partial charge in [-0.3, -0.25) is 0 Å². The highest BCUT2D eigenvalue weighted by Crippen LogP contribution is 2.68. The fourth-order valence-corrected chi connectivity index (χ4v) is 4.18. The van der Waals surface area contributed by atoms with Gasteiger partial charge in [0.05, 0.1) is 12.2 Å². The summed E-state index contributed by atoms with van der Waals surface area (Å²) in [6.07, 6.45) is 4.42. The highest BCUT2D eigenvalue weighted by Gasteiger charge is 2.69. The summed E-state index contributed by atoms with van der Waals surface area (Å²) in [6.45, 7) is 9.34. The van der Waals surface area contributed by atoms with E-state index in [1.54, 1.807) is 0 Å². The monoisotopic (exact) mass is 210 g/mol. The van der Waals surface area contributed by atoms with Crippen molar-refractivity contribution in [3.63, 3.8) is 0 Å². The van der Waals surface area contributed by atoms with E-state index in [2.05, 4.69) is 27.7 Å². The van der Waals surface area contributed by atoms with E-state index in [1.165, 1.54) is 12.8 Å². The second-order valence-electron chi connectivity index (χ2n) is 6.28. The topological polar surface area (TPSA) is 18.5 Å². The first-order chi connectivity index (χ1) is 7.00. The summed E-state index contributed by atoms with van der Waals surface area (Å²) in [5.41, 5.74) is 0.729. The van der Waals surface area contributed by atoms with E-state index in [-0.39, 0.29) is 6.29 Å². The van der Waals surface area contributed by atoms with Crippen LogP contribution in [0.1, 0.15) is 47.0 Å². The van der Waals surface area contributed by atoms with Crippen LogP contribution < -0.4 is 0 Å². The Hall–Kier alpha value is -0.0800. The summed E-state index contributed by atoms with van der Waals surface area (Å²) in [5.74, 6) is 0.712. The van der Waals surface area contributed by atoms with Gasteiger partial charge >= 0.3 is 0 Å². The molecule has 2 bridgehead atoms. The van der Waals surface area contributed by atoms with Crippen molar-refractivity contribution < 1.29 is 9.47 Å². The van der Waals surface area contributed by atoms with Crippen LogP contribution >= 0.6 is 0 Å². The van der Waals surface area contributed by atoms with Gasteiger partial charge in [-0.2, -0.15) is 0 Å². The molecule has 0 aromatic rings. The van der Waals surface area contributed by atoms with Gasteiger partial charge < -0.3 is 9.47 Å². The molecule has 2 nitrogen and oxygen atoms in total. The largest absolute Gasteiger partial charge is 0.346 e. The molecule has 2 aliphatic carbocycles. The molecule has 3 aliphatic rings. The van der Waals surface area contributed by atoms with Gasteiger partial charge in [-0.1, -0.05) is 27.7 Å². The Morgan fingerprint density at radius 3 is 2.53 bits per heavy atom. The van der Waals surface area contributed by atoms with Gasteiger partial charge in [-0.05, 0) is 30.6 Å². The van der Waals surface area contributed by atoms with Crippen LogP contribution in [0.3, 0.4) is 0 Å². The molecule has 0 spiro atoms. The van der Waals surface area contributed by atoms with E-state index < -0.39 is 0 Å². The fourth-order valence-electron chi connectivity index (χ4n) is 4.18. The van der Waals surface area contributed by atoms with Crippen molar-refractivity contribution in [3.05, 3.63) is 0 Å². The molecule has 0 radical (unpaired) electrons. The van der Waals surface area contributed by atoms with Crippen LogP contribution in [0, 0.1) is 16.7 Å². The molecule has 3 rings (SSSR count). The number of rotatable bonds is 1. The lowest BCUT2D eigenvalue weighted by molar-refractivity contribution is -0.113. The molecule has 3 fully saturated rings. The summed E-state index contributed by atoms with van der Waals surface area (Å²) in [7, 11) is 0. The molecule has 86 valence electrons. The van der Waals surface area contributed by atoms with E-state index in [0.29, 0.717) is 29.0 Å². The summed E-state index contributed by atoms with van der Waals surface area (Å²) >= 11 is 0. The van der Waals surface area contributed by atoms with Gasteiger partial charge in [0.25, 0.3) is 0 Å². The first-order valence-electron chi connectivity index (χ1n) is 6.31. The molecular formula is C13H22O2. The minimum absolute atomic E-state index is 0.0658. The van der Waals surface area contributed by atoms with Crippen LogP contribution in [-0.4, -0.2) is 18.5 Å². The molecule has 1 heterocycles. The zero-order valence-electron chi connectivity index (χ0n) is 10.2. The summed E-state index contributed by atoms with van der Waals surface area (Å²) in [6, 6.07) is 0. The minimum atomic E-state index is 0.0658. The van der Waals surface area contributed by atoms with Gasteiger partial charge in [-0.25, -0.2) is 0 Å². The fraction of sp³-hybridized carbons (Fsp3) is 1.00. The number of ether oxygens (including phenoxy) is 2. The van der Waals surface area contributed by atoms with Crippen LogP contribution in [0.4, 0.5) is 0 Å². The molecule has 1 saturated heterocycles. The molecule has 0 aromatic heterocycles. The smallest absolute Gasteiger partial charge is 0.158 e. The molecule has 1 aliphatic heterocycles. The summed E-state index contributed by atoms with van der Waals surface area (Å²) in [5, 5.41) is 0. The molecule has 2 saturated carbocycles. The van der Waals surface area contributed by atoms with Gasteiger partial charge in [-0.15, -0.1) is 0 Å². The van der Waals surface area contributed by atoms with Gasteiger partial charge in [0, 0.05) is 5.41 Å². The van der Waals surface area contributed by atoms with Gasteiger partial charge in [0.2, 0.25) is 0 Å². The van der Waals surface area contributed by atoms with Crippen molar-refractivity contribution in [3.8, 4) is 0 Å². The van der Waals surface area contributed by atoms with Crippen molar-refractivity contribution in [2.45, 2.75) is 65.5 Å². The maximum Gasteiger partial charge on any atom is 0.158 e. The average molecular weight is 210 g/mol. The standard InChI is InChI=1S/C13H22O2/c1-5-9-14-10-8-6-7-13(4,11(10)15-9)12(8,2)3/h8-11H,5-7H2,1-4H3/t8-,9-,10-,11-,13+/m1/s1. The first-order valence-corrected chi connectivity index (χ1v) is 6.31. The third kappa shape index (κ3) is 0.980. The van der Waals surface area contributed by atoms with Gasteiger partial charge in [0.1, 0.15) is 0 Å². The van der Waals surface area contributed by atoms with E-state index in [1.807, 2.05) is 0 Å². The first kappa shape index (κ1) is 10.1. The van der Waals surface area contributed by atoms with Gasteiger partial charge in [0.15, 0.2) is 6.29 Å². The Kier molecular flexibility index (Phi) is 1.87. The van der Waals surface area contributed by atoms with Crippen molar-refractivity contribution in [1.29, 1.82) is 0 Å². The molecule has 0 aromatic carbocycles. The number of fused-ring (bicyclic) bond motifs is 5. The predicted octanol–water partition coefficient (Wildman–Crippen LogP) is 2.96. The molecule has 5 atom stereocenters. The maximum atomic E-state index is 6.08. The van der Waals surface area contributed by atoms with E-state index in [0.717, 1.165) is 6.42 Å². The summed E-state index contributed by atoms with van der Waals surface area (Å²) in [4.78, 5) is 0. The second kappa shape index (κ2) is 2.78. The number of hydrogen-bond acceptors (Lipinski definition) is 2. The Morgan fingerprint density at radius 2 is 1.93 bits per heavy atom. The second-order valence-corrected chi connectivity index (χ2v) is 6.28. The average Bonchev–Trinajstić information content (AvgIpc) is 2.74. The minimum Gasteiger partial charge on any atom is -0.346 e. The lowest BCUT2D eigenvalue weighted by atomic mass is 9.70. The lowest BCUT2D eigenvalue weighted by Crippen LogP contribution is -2.38. The highest BCUT2D eigenvalue weighted by atomic mass is 16.7. The molecule has 0 unspecified atom stereocenters. The van der Waals surface area contributed by atoms with Crippen molar-refractivity contribution in [1.82, 2.24) is 0 Å². The Bertz CT molecular complexity index is 286. The Labute approximate surface area is 92.3 Å². The van der Waals surface area contributed by atoms with Crippen molar-refractivity contribution in [2.75, 3.05) is 0 Å². The van der Waals surface area contributed by atoms with Crippen LogP contribution in [-0.2, 0) is 9.47 Å². The lowest BCUT2D eigenvalue weighted by Gasteiger charge is -2.37. The van der Waals surface area contributed by atoms with E-state index in [9.17, 15) is 0 Å². The third-order valence-electron chi connectivity index (χ3n) is 5.64. The predicted molar refractivity (Wildman–Crippen MR) is 58.4 cm³/mol. The molecule has 2 heteroatoms. The quantitative estimate of drug-likeness (QED) is 0.662. The number of hydrogen-bond donors (Lipinski definition) is 0. The van der Waals surface area contributed by atoms with Crippen molar-refractivity contribution >= 4 is 0 Å². The van der Waals surface area contributed by atoms with E-state index >= 15 is 0 Å². The third-order valence-corrected chi connectivity index (χ3v) is 5.64. The maximum absolute atomic E-state index is 6.08. The summed E-state index contributed by atoms with van der Waals surface area (Å²) < 4.78 is 12.1. The highest BCUT2D eigenvalue weighted by molar-refractivity contribution is 5.17. The molecular weight excluding hydrogens is 188 g/mol. The molecule has 0 N–H and O–H groups in total.